The molecular weight excluding hydrogens is 217 g/mol. The zero-order chi connectivity index (χ0) is 12.0. The zero-order valence-corrected chi connectivity index (χ0v) is 9.82. The number of halogens is 3. The molecule has 0 amide bonds. The Balaban J connectivity index is 2.02. The van der Waals surface area contributed by atoms with Gasteiger partial charge in [-0.25, -0.2) is 0 Å². The van der Waals surface area contributed by atoms with Crippen LogP contribution < -0.4 is 5.32 Å². The molecule has 16 heavy (non-hydrogen) atoms. The van der Waals surface area contributed by atoms with Crippen molar-refractivity contribution in [1.82, 2.24) is 10.2 Å². The second-order valence-electron chi connectivity index (χ2n) is 4.42. The maximum atomic E-state index is 11.9. The van der Waals surface area contributed by atoms with Gasteiger partial charge >= 0.3 is 6.18 Å². The van der Waals surface area contributed by atoms with Crippen molar-refractivity contribution in [1.29, 1.82) is 0 Å². The molecule has 0 aliphatic carbocycles. The molecule has 0 spiro atoms. The summed E-state index contributed by atoms with van der Waals surface area (Å²) in [5, 5.41) is 3.37. The predicted octanol–water partition coefficient (Wildman–Crippen LogP) is 2.40. The number of likely N-dealkylation sites (N-methyl/N-ethyl adjacent to an activating group) is 1. The van der Waals surface area contributed by atoms with Crippen molar-refractivity contribution in [2.75, 3.05) is 26.2 Å². The fourth-order valence-corrected chi connectivity index (χ4v) is 2.15. The molecule has 1 unspecified atom stereocenters. The summed E-state index contributed by atoms with van der Waals surface area (Å²) in [5.74, 6) is 0. The van der Waals surface area contributed by atoms with Gasteiger partial charge in [0.05, 0.1) is 0 Å². The first-order valence-electron chi connectivity index (χ1n) is 6.04. The molecule has 0 bridgehead atoms. The topological polar surface area (TPSA) is 15.3 Å². The van der Waals surface area contributed by atoms with Gasteiger partial charge in [-0.2, -0.15) is 13.2 Å². The maximum absolute atomic E-state index is 11.9. The number of alkyl halides is 3. The van der Waals surface area contributed by atoms with E-state index >= 15 is 0 Å². The van der Waals surface area contributed by atoms with Crippen molar-refractivity contribution in [3.63, 3.8) is 0 Å². The Labute approximate surface area is 95.2 Å². The molecule has 1 saturated heterocycles. The molecule has 1 atom stereocenters. The first-order valence-corrected chi connectivity index (χ1v) is 6.04. The van der Waals surface area contributed by atoms with E-state index in [0.29, 0.717) is 12.5 Å². The minimum atomic E-state index is -3.99. The summed E-state index contributed by atoms with van der Waals surface area (Å²) in [7, 11) is 0. The summed E-state index contributed by atoms with van der Waals surface area (Å²) >= 11 is 0. The van der Waals surface area contributed by atoms with Crippen LogP contribution in [0.1, 0.15) is 32.6 Å². The van der Waals surface area contributed by atoms with Crippen LogP contribution in [0.5, 0.6) is 0 Å². The molecular formula is C11H21F3N2. The third kappa shape index (κ3) is 5.70. The average Bonchev–Trinajstić information content (AvgIpc) is 2.60. The number of nitrogens with zero attached hydrogens (tertiary/aromatic N) is 1. The first-order chi connectivity index (χ1) is 7.51. The van der Waals surface area contributed by atoms with Crippen LogP contribution in [0.4, 0.5) is 13.2 Å². The highest BCUT2D eigenvalue weighted by molar-refractivity contribution is 4.80. The number of hydrogen-bond donors (Lipinski definition) is 1. The van der Waals surface area contributed by atoms with E-state index in [1.165, 1.54) is 0 Å². The maximum Gasteiger partial charge on any atom is 0.389 e. The van der Waals surface area contributed by atoms with Crippen LogP contribution in [0, 0.1) is 0 Å². The van der Waals surface area contributed by atoms with Crippen LogP contribution >= 0.6 is 0 Å². The lowest BCUT2D eigenvalue weighted by atomic mass is 10.2. The van der Waals surface area contributed by atoms with Gasteiger partial charge in [-0.15, -0.1) is 0 Å². The molecule has 0 aromatic heterocycles. The Bertz CT molecular complexity index is 194. The summed E-state index contributed by atoms with van der Waals surface area (Å²) in [4.78, 5) is 2.25. The summed E-state index contributed by atoms with van der Waals surface area (Å²) in [6.45, 7) is 5.85. The van der Waals surface area contributed by atoms with Crippen molar-refractivity contribution in [2.24, 2.45) is 0 Å². The van der Waals surface area contributed by atoms with Crippen LogP contribution in [0.2, 0.25) is 0 Å². The van der Waals surface area contributed by atoms with Gasteiger partial charge < -0.3 is 10.2 Å². The van der Waals surface area contributed by atoms with E-state index in [-0.39, 0.29) is 6.42 Å². The lowest BCUT2D eigenvalue weighted by molar-refractivity contribution is -0.135. The predicted molar refractivity (Wildman–Crippen MR) is 58.4 cm³/mol. The van der Waals surface area contributed by atoms with Crippen molar-refractivity contribution in [2.45, 2.75) is 44.8 Å². The zero-order valence-electron chi connectivity index (χ0n) is 9.82. The van der Waals surface area contributed by atoms with Crippen molar-refractivity contribution in [3.05, 3.63) is 0 Å². The lowest BCUT2D eigenvalue weighted by Crippen LogP contribution is -2.32. The van der Waals surface area contributed by atoms with E-state index < -0.39 is 12.6 Å². The normalized spacial score (nSPS) is 22.9. The van der Waals surface area contributed by atoms with Gasteiger partial charge in [0.25, 0.3) is 0 Å². The minimum absolute atomic E-state index is 0.256. The fourth-order valence-electron chi connectivity index (χ4n) is 2.15. The van der Waals surface area contributed by atoms with Gasteiger partial charge in [0.2, 0.25) is 0 Å². The summed E-state index contributed by atoms with van der Waals surface area (Å²) in [5.41, 5.74) is 0. The minimum Gasteiger partial charge on any atom is -0.313 e. The quantitative estimate of drug-likeness (QED) is 0.715. The number of unbranched alkanes of at least 4 members (excludes halogenated alkanes) is 1. The molecule has 1 aliphatic heterocycles. The number of hydrogen-bond acceptors (Lipinski definition) is 2. The first kappa shape index (κ1) is 13.8. The summed E-state index contributed by atoms with van der Waals surface area (Å²) in [6, 6.07) is 0.535. The SMILES string of the molecule is CCNC1CCN(CCCCC(F)(F)F)C1. The molecule has 0 radical (unpaired) electrons. The van der Waals surface area contributed by atoms with E-state index in [4.69, 9.17) is 0 Å². The Morgan fingerprint density at radius 3 is 2.69 bits per heavy atom. The van der Waals surface area contributed by atoms with E-state index in [2.05, 4.69) is 17.1 Å². The van der Waals surface area contributed by atoms with Gasteiger partial charge in [0, 0.05) is 19.0 Å². The van der Waals surface area contributed by atoms with Crippen LogP contribution in [0.25, 0.3) is 0 Å². The lowest BCUT2D eigenvalue weighted by Gasteiger charge is -2.16. The Morgan fingerprint density at radius 1 is 1.31 bits per heavy atom. The van der Waals surface area contributed by atoms with Crippen molar-refractivity contribution < 1.29 is 13.2 Å². The Morgan fingerprint density at radius 2 is 2.06 bits per heavy atom. The molecule has 1 heterocycles. The summed E-state index contributed by atoms with van der Waals surface area (Å²) in [6.07, 6.45) is -2.61. The van der Waals surface area contributed by atoms with Crippen LogP contribution in [0.15, 0.2) is 0 Å². The van der Waals surface area contributed by atoms with Crippen LogP contribution in [-0.4, -0.2) is 43.3 Å². The van der Waals surface area contributed by atoms with Crippen molar-refractivity contribution >= 4 is 0 Å². The molecule has 2 nitrogen and oxygen atoms in total. The van der Waals surface area contributed by atoms with Crippen molar-refractivity contribution in [3.8, 4) is 0 Å². The fraction of sp³-hybridized carbons (Fsp3) is 1.00. The average molecular weight is 238 g/mol. The Hall–Kier alpha value is -0.290. The van der Waals surface area contributed by atoms with Crippen LogP contribution in [0.3, 0.4) is 0 Å². The molecule has 0 aromatic carbocycles. The largest absolute Gasteiger partial charge is 0.389 e. The molecule has 0 aromatic rings. The highest BCUT2D eigenvalue weighted by Gasteiger charge is 2.26. The van der Waals surface area contributed by atoms with E-state index in [0.717, 1.165) is 32.6 Å². The molecule has 1 fully saturated rings. The number of nitrogens with one attached hydrogen (secondary N) is 1. The van der Waals surface area contributed by atoms with Gasteiger partial charge in [0.1, 0.15) is 0 Å². The van der Waals surface area contributed by atoms with E-state index in [9.17, 15) is 13.2 Å². The molecule has 96 valence electrons. The van der Waals surface area contributed by atoms with Gasteiger partial charge in [0.15, 0.2) is 0 Å². The molecule has 0 saturated carbocycles. The number of likely N-dealkylation sites (tertiary alicyclic amines) is 1. The van der Waals surface area contributed by atoms with Gasteiger partial charge in [-0.1, -0.05) is 6.92 Å². The molecule has 1 rings (SSSR count). The van der Waals surface area contributed by atoms with E-state index in [1.54, 1.807) is 0 Å². The molecule has 5 heteroatoms. The highest BCUT2D eigenvalue weighted by Crippen LogP contribution is 2.22. The smallest absolute Gasteiger partial charge is 0.313 e. The van der Waals surface area contributed by atoms with Crippen LogP contribution in [-0.2, 0) is 0 Å². The monoisotopic (exact) mass is 238 g/mol. The van der Waals surface area contributed by atoms with Gasteiger partial charge in [-0.05, 0) is 38.9 Å². The third-order valence-corrected chi connectivity index (χ3v) is 2.95. The second-order valence-corrected chi connectivity index (χ2v) is 4.42. The standard InChI is InChI=1S/C11H21F3N2/c1-2-15-10-5-8-16(9-10)7-4-3-6-11(12,13)14/h10,15H,2-9H2,1H3. The van der Waals surface area contributed by atoms with E-state index in [1.807, 2.05) is 0 Å². The Kier molecular flexibility index (Phi) is 5.55. The highest BCUT2D eigenvalue weighted by atomic mass is 19.4. The molecule has 1 N–H and O–H groups in total. The number of rotatable bonds is 6. The second kappa shape index (κ2) is 6.45. The third-order valence-electron chi connectivity index (χ3n) is 2.95. The molecule has 1 aliphatic rings. The summed E-state index contributed by atoms with van der Waals surface area (Å²) < 4.78 is 35.7. The van der Waals surface area contributed by atoms with Gasteiger partial charge in [-0.3, -0.25) is 0 Å².